The second kappa shape index (κ2) is 8.97. The highest BCUT2D eigenvalue weighted by molar-refractivity contribution is 6.50. The van der Waals surface area contributed by atoms with Crippen LogP contribution in [0.4, 0.5) is 4.39 Å². The average molecular weight is 512 g/mol. The topological polar surface area (TPSA) is 76.1 Å². The number of carbonyl (C=O) groups is 3. The van der Waals surface area contributed by atoms with Crippen molar-refractivity contribution in [1.29, 1.82) is 0 Å². The summed E-state index contributed by atoms with van der Waals surface area (Å²) < 4.78 is 13.6. The predicted octanol–water partition coefficient (Wildman–Crippen LogP) is 5.10. The van der Waals surface area contributed by atoms with E-state index in [9.17, 15) is 18.8 Å². The first-order valence-electron chi connectivity index (χ1n) is 10.6. The third-order valence-corrected chi connectivity index (χ3v) is 7.49. The maximum atomic E-state index is 14.3. The van der Waals surface area contributed by atoms with E-state index in [2.05, 4.69) is 10.3 Å². The van der Waals surface area contributed by atoms with Gasteiger partial charge >= 0.3 is 0 Å². The molecule has 33 heavy (non-hydrogen) atoms. The second-order valence-electron chi connectivity index (χ2n) is 8.88. The van der Waals surface area contributed by atoms with Crippen molar-refractivity contribution < 1.29 is 18.8 Å². The number of pyridine rings is 1. The van der Waals surface area contributed by atoms with Crippen molar-refractivity contribution >= 4 is 52.3 Å². The number of ketones is 2. The smallest absolute Gasteiger partial charge is 0.220 e. The molecule has 1 amide bonds. The van der Waals surface area contributed by atoms with E-state index >= 15 is 0 Å². The van der Waals surface area contributed by atoms with Crippen LogP contribution in [0.25, 0.3) is 11.3 Å². The molecule has 0 aliphatic heterocycles. The van der Waals surface area contributed by atoms with E-state index in [1.807, 2.05) is 0 Å². The molecule has 174 valence electrons. The van der Waals surface area contributed by atoms with E-state index < -0.39 is 22.0 Å². The molecule has 3 atom stereocenters. The minimum Gasteiger partial charge on any atom is -0.356 e. The summed E-state index contributed by atoms with van der Waals surface area (Å²) in [4.78, 5) is 42.3. The van der Waals surface area contributed by atoms with Gasteiger partial charge in [0.1, 0.15) is 21.7 Å². The molecule has 4 rings (SSSR count). The Kier molecular flexibility index (Phi) is 6.56. The van der Waals surface area contributed by atoms with Crippen molar-refractivity contribution in [3.8, 4) is 11.3 Å². The van der Waals surface area contributed by atoms with Gasteiger partial charge in [0.25, 0.3) is 0 Å². The summed E-state index contributed by atoms with van der Waals surface area (Å²) in [5, 5.41) is 2.95. The third kappa shape index (κ3) is 4.93. The summed E-state index contributed by atoms with van der Waals surface area (Å²) in [6, 6.07) is 4.61. The molecule has 9 heteroatoms. The number of hydrogen-bond donors (Lipinski definition) is 1. The van der Waals surface area contributed by atoms with Crippen molar-refractivity contribution in [2.24, 2.45) is 11.8 Å². The molecular weight excluding hydrogens is 490 g/mol. The highest BCUT2D eigenvalue weighted by Crippen LogP contribution is 2.52. The Balaban J connectivity index is 1.51. The molecule has 0 radical (unpaired) electrons. The van der Waals surface area contributed by atoms with Crippen LogP contribution < -0.4 is 5.32 Å². The molecule has 2 aliphatic rings. The number of nitrogens with one attached hydrogen (secondary N) is 1. The third-order valence-electron chi connectivity index (χ3n) is 6.35. The van der Waals surface area contributed by atoms with E-state index in [4.69, 9.17) is 34.8 Å². The number of nitrogens with zero attached hydrogens (tertiary/aromatic N) is 1. The van der Waals surface area contributed by atoms with Gasteiger partial charge in [-0.3, -0.25) is 19.4 Å². The van der Waals surface area contributed by atoms with Crippen LogP contribution in [0.15, 0.2) is 24.4 Å². The molecule has 0 bridgehead atoms. The zero-order valence-electron chi connectivity index (χ0n) is 18.1. The van der Waals surface area contributed by atoms with Crippen LogP contribution in [-0.4, -0.2) is 33.3 Å². The Labute approximate surface area is 206 Å². The SMILES string of the molecule is Cc1cc(-c2ncc(Cl)cc2F)cc(C)c1C1C(=O)CC(CC(=O)NCC2CC2(Cl)Cl)C1=O. The largest absolute Gasteiger partial charge is 0.356 e. The zero-order valence-corrected chi connectivity index (χ0v) is 20.3. The summed E-state index contributed by atoms with van der Waals surface area (Å²) in [5.41, 5.74) is 2.66. The summed E-state index contributed by atoms with van der Waals surface area (Å²) >= 11 is 17.7. The Morgan fingerprint density at radius 1 is 1.21 bits per heavy atom. The lowest BCUT2D eigenvalue weighted by Gasteiger charge is -2.17. The standard InChI is InChI=1S/C24H22Cl3FN2O3/c1-11-3-13(22-17(28)7-16(25)10-30-22)4-12(2)20(11)21-18(31)5-14(23(21)33)6-19(32)29-9-15-8-24(15,26)27/h3-4,7,10,14-15,21H,5-6,8-9H2,1-2H3,(H,29,32). The van der Waals surface area contributed by atoms with Gasteiger partial charge in [-0.25, -0.2) is 4.39 Å². The Hall–Kier alpha value is -2.02. The fraction of sp³-hybridized carbons (Fsp3) is 0.417. The highest BCUT2D eigenvalue weighted by atomic mass is 35.5. The molecule has 2 aliphatic carbocycles. The molecule has 2 aromatic rings. The van der Waals surface area contributed by atoms with E-state index in [1.165, 1.54) is 12.3 Å². The average Bonchev–Trinajstić information content (AvgIpc) is 3.24. The molecule has 1 aromatic heterocycles. The number of carbonyl (C=O) groups excluding carboxylic acids is 3. The molecule has 1 heterocycles. The maximum absolute atomic E-state index is 14.3. The monoisotopic (exact) mass is 510 g/mol. The van der Waals surface area contributed by atoms with E-state index in [0.717, 1.165) is 0 Å². The lowest BCUT2D eigenvalue weighted by Crippen LogP contribution is -2.29. The first-order chi connectivity index (χ1) is 15.5. The highest BCUT2D eigenvalue weighted by Gasteiger charge is 2.51. The molecule has 1 aromatic carbocycles. The molecule has 2 fully saturated rings. The van der Waals surface area contributed by atoms with Crippen molar-refractivity contribution in [1.82, 2.24) is 10.3 Å². The Bertz CT molecular complexity index is 1140. The quantitative estimate of drug-likeness (QED) is 0.432. The molecule has 0 spiro atoms. The lowest BCUT2D eigenvalue weighted by molar-refractivity contribution is -0.128. The van der Waals surface area contributed by atoms with Crippen LogP contribution in [0.2, 0.25) is 5.02 Å². The fourth-order valence-corrected chi connectivity index (χ4v) is 5.22. The molecule has 0 saturated heterocycles. The van der Waals surface area contributed by atoms with Gasteiger partial charge in [-0.15, -0.1) is 23.2 Å². The summed E-state index contributed by atoms with van der Waals surface area (Å²) in [6.45, 7) is 3.90. The van der Waals surface area contributed by atoms with Crippen LogP contribution in [0.3, 0.4) is 0 Å². The van der Waals surface area contributed by atoms with Crippen LogP contribution in [0.1, 0.15) is 41.9 Å². The number of amides is 1. The van der Waals surface area contributed by atoms with E-state index in [0.29, 0.717) is 35.2 Å². The molecule has 1 N–H and O–H groups in total. The number of Topliss-reactive ketones (excluding diaryl/α,β-unsaturated/α-hetero) is 2. The maximum Gasteiger partial charge on any atom is 0.220 e. The number of rotatable bonds is 6. The molecule has 5 nitrogen and oxygen atoms in total. The van der Waals surface area contributed by atoms with Crippen LogP contribution in [-0.2, 0) is 14.4 Å². The Morgan fingerprint density at radius 2 is 1.85 bits per heavy atom. The summed E-state index contributed by atoms with van der Waals surface area (Å²) in [7, 11) is 0. The molecular formula is C24H22Cl3FN2O3. The van der Waals surface area contributed by atoms with Gasteiger partial charge in [0.05, 0.1) is 5.02 Å². The Morgan fingerprint density at radius 3 is 2.42 bits per heavy atom. The number of benzene rings is 1. The zero-order chi connectivity index (χ0) is 24.1. The summed E-state index contributed by atoms with van der Waals surface area (Å²) in [6.07, 6.45) is 1.94. The fourth-order valence-electron chi connectivity index (χ4n) is 4.55. The first kappa shape index (κ1) is 24.1. The number of halogens is 4. The second-order valence-corrected chi connectivity index (χ2v) is 10.9. The first-order valence-corrected chi connectivity index (χ1v) is 11.7. The minimum absolute atomic E-state index is 0.00206. The summed E-state index contributed by atoms with van der Waals surface area (Å²) in [5.74, 6) is -2.93. The van der Waals surface area contributed by atoms with Crippen LogP contribution >= 0.6 is 34.8 Å². The van der Waals surface area contributed by atoms with Crippen LogP contribution in [0, 0.1) is 31.5 Å². The number of alkyl halides is 2. The lowest BCUT2D eigenvalue weighted by atomic mass is 9.85. The van der Waals surface area contributed by atoms with Gasteiger partial charge in [-0.1, -0.05) is 11.6 Å². The van der Waals surface area contributed by atoms with Gasteiger partial charge in [-0.05, 0) is 55.2 Å². The number of aryl methyl sites for hydroxylation is 2. The van der Waals surface area contributed by atoms with Crippen molar-refractivity contribution in [2.75, 3.05) is 6.54 Å². The minimum atomic E-state index is -0.929. The van der Waals surface area contributed by atoms with Gasteiger partial charge in [-0.2, -0.15) is 0 Å². The van der Waals surface area contributed by atoms with Gasteiger partial charge in [0.15, 0.2) is 11.6 Å². The van der Waals surface area contributed by atoms with Crippen molar-refractivity contribution in [2.45, 2.75) is 43.4 Å². The van der Waals surface area contributed by atoms with E-state index in [-0.39, 0.29) is 46.9 Å². The molecule has 3 unspecified atom stereocenters. The van der Waals surface area contributed by atoms with Crippen molar-refractivity contribution in [3.05, 3.63) is 51.9 Å². The van der Waals surface area contributed by atoms with Crippen LogP contribution in [0.5, 0.6) is 0 Å². The van der Waals surface area contributed by atoms with E-state index in [1.54, 1.807) is 26.0 Å². The number of hydrogen-bond acceptors (Lipinski definition) is 4. The number of aromatic nitrogens is 1. The van der Waals surface area contributed by atoms with Gasteiger partial charge in [0, 0.05) is 43.0 Å². The van der Waals surface area contributed by atoms with Gasteiger partial charge in [0.2, 0.25) is 5.91 Å². The van der Waals surface area contributed by atoms with Gasteiger partial charge < -0.3 is 5.32 Å². The molecule has 2 saturated carbocycles. The normalized spacial score (nSPS) is 23.6. The van der Waals surface area contributed by atoms with Crippen molar-refractivity contribution in [3.63, 3.8) is 0 Å². The predicted molar refractivity (Wildman–Crippen MR) is 125 cm³/mol.